The lowest BCUT2D eigenvalue weighted by Crippen LogP contribution is -2.02. The van der Waals surface area contributed by atoms with Crippen molar-refractivity contribution in [3.05, 3.63) is 52.6 Å². The van der Waals surface area contributed by atoms with E-state index in [1.165, 1.54) is 37.4 Å². The number of halogens is 3. The zero-order chi connectivity index (χ0) is 14.7. The molecule has 0 heterocycles. The fourth-order valence-corrected chi connectivity index (χ4v) is 1.88. The van der Waals surface area contributed by atoms with Crippen molar-refractivity contribution in [3.63, 3.8) is 0 Å². The van der Waals surface area contributed by atoms with Gasteiger partial charge in [-0.2, -0.15) is 0 Å². The first-order chi connectivity index (χ1) is 9.52. The summed E-state index contributed by atoms with van der Waals surface area (Å²) in [6, 6.07) is 6.62. The number of nitrogens with two attached hydrogens (primary N) is 1. The standard InChI is InChI=1S/C14H12ClF2NO2/c1-19-13-5-4-11(17)14(15)9(13)7-20-8-2-3-10(16)12(18)6-8/h2-6H,7,18H2,1H3. The van der Waals surface area contributed by atoms with E-state index in [-0.39, 0.29) is 17.3 Å². The molecule has 0 saturated heterocycles. The molecule has 2 aromatic rings. The monoisotopic (exact) mass is 299 g/mol. The van der Waals surface area contributed by atoms with Gasteiger partial charge in [-0.3, -0.25) is 0 Å². The Morgan fingerprint density at radius 1 is 1.15 bits per heavy atom. The van der Waals surface area contributed by atoms with Gasteiger partial charge in [0.2, 0.25) is 0 Å². The van der Waals surface area contributed by atoms with E-state index in [0.717, 1.165) is 0 Å². The van der Waals surface area contributed by atoms with Crippen LogP contribution < -0.4 is 15.2 Å². The third-order valence-electron chi connectivity index (χ3n) is 2.72. The van der Waals surface area contributed by atoms with Gasteiger partial charge in [0.25, 0.3) is 0 Å². The summed E-state index contributed by atoms with van der Waals surface area (Å²) in [5.74, 6) is -0.332. The van der Waals surface area contributed by atoms with Gasteiger partial charge >= 0.3 is 0 Å². The maximum absolute atomic E-state index is 13.4. The molecular weight excluding hydrogens is 288 g/mol. The van der Waals surface area contributed by atoms with Crippen molar-refractivity contribution in [1.29, 1.82) is 0 Å². The summed E-state index contributed by atoms with van der Waals surface area (Å²) in [6.45, 7) is -0.0230. The Bertz CT molecular complexity index is 635. The van der Waals surface area contributed by atoms with Crippen LogP contribution in [0, 0.1) is 11.6 Å². The Morgan fingerprint density at radius 2 is 1.85 bits per heavy atom. The van der Waals surface area contributed by atoms with E-state index in [1.54, 1.807) is 0 Å². The van der Waals surface area contributed by atoms with Crippen LogP contribution in [0.2, 0.25) is 5.02 Å². The molecule has 0 aliphatic carbocycles. The Labute approximate surface area is 119 Å². The van der Waals surface area contributed by atoms with E-state index >= 15 is 0 Å². The molecule has 0 saturated carbocycles. The van der Waals surface area contributed by atoms with Gasteiger partial charge in [-0.25, -0.2) is 8.78 Å². The molecule has 0 radical (unpaired) electrons. The lowest BCUT2D eigenvalue weighted by atomic mass is 10.2. The first-order valence-electron chi connectivity index (χ1n) is 5.71. The molecule has 0 aromatic heterocycles. The second-order valence-corrected chi connectivity index (χ2v) is 4.39. The predicted molar refractivity (Wildman–Crippen MR) is 73.1 cm³/mol. The molecule has 0 bridgehead atoms. The zero-order valence-corrected chi connectivity index (χ0v) is 11.4. The quantitative estimate of drug-likeness (QED) is 0.874. The molecule has 0 fully saturated rings. The lowest BCUT2D eigenvalue weighted by molar-refractivity contribution is 0.295. The Kier molecular flexibility index (Phi) is 4.29. The van der Waals surface area contributed by atoms with E-state index in [9.17, 15) is 8.78 Å². The van der Waals surface area contributed by atoms with Gasteiger partial charge in [-0.1, -0.05) is 11.6 Å². The van der Waals surface area contributed by atoms with Gasteiger partial charge in [0.05, 0.1) is 23.4 Å². The molecule has 3 nitrogen and oxygen atoms in total. The Morgan fingerprint density at radius 3 is 2.50 bits per heavy atom. The number of benzene rings is 2. The van der Waals surface area contributed by atoms with Crippen LogP contribution in [-0.2, 0) is 6.61 Å². The molecule has 0 aliphatic heterocycles. The molecule has 2 rings (SSSR count). The van der Waals surface area contributed by atoms with E-state index in [0.29, 0.717) is 17.1 Å². The van der Waals surface area contributed by atoms with Gasteiger partial charge in [-0.15, -0.1) is 0 Å². The normalized spacial score (nSPS) is 10.4. The zero-order valence-electron chi connectivity index (χ0n) is 10.6. The number of hydrogen-bond donors (Lipinski definition) is 1. The molecule has 0 amide bonds. The average Bonchev–Trinajstić information content (AvgIpc) is 2.44. The van der Waals surface area contributed by atoms with Gasteiger partial charge in [0.15, 0.2) is 0 Å². The smallest absolute Gasteiger partial charge is 0.146 e. The van der Waals surface area contributed by atoms with E-state index in [2.05, 4.69) is 0 Å². The number of methoxy groups -OCH3 is 1. The van der Waals surface area contributed by atoms with Crippen LogP contribution >= 0.6 is 11.6 Å². The van der Waals surface area contributed by atoms with Crippen molar-refractivity contribution in [3.8, 4) is 11.5 Å². The molecule has 0 aliphatic rings. The van der Waals surface area contributed by atoms with Crippen molar-refractivity contribution in [1.82, 2.24) is 0 Å². The van der Waals surface area contributed by atoms with Crippen LogP contribution in [0.3, 0.4) is 0 Å². The van der Waals surface area contributed by atoms with Crippen molar-refractivity contribution < 1.29 is 18.3 Å². The first kappa shape index (κ1) is 14.4. The Hall–Kier alpha value is -2.01. The van der Waals surface area contributed by atoms with Crippen LogP contribution in [0.25, 0.3) is 0 Å². The number of nitrogen functional groups attached to an aromatic ring is 1. The second kappa shape index (κ2) is 5.96. The summed E-state index contributed by atoms with van der Waals surface area (Å²) in [5, 5.41) is -0.0700. The lowest BCUT2D eigenvalue weighted by Gasteiger charge is -2.12. The summed E-state index contributed by atoms with van der Waals surface area (Å²) in [6.07, 6.45) is 0. The summed E-state index contributed by atoms with van der Waals surface area (Å²) in [4.78, 5) is 0. The van der Waals surface area contributed by atoms with Crippen molar-refractivity contribution in [2.45, 2.75) is 6.61 Å². The first-order valence-corrected chi connectivity index (χ1v) is 6.09. The number of rotatable bonds is 4. The highest BCUT2D eigenvalue weighted by Crippen LogP contribution is 2.30. The fraction of sp³-hybridized carbons (Fsp3) is 0.143. The molecular formula is C14H12ClF2NO2. The third-order valence-corrected chi connectivity index (χ3v) is 3.13. The van der Waals surface area contributed by atoms with Gasteiger partial charge < -0.3 is 15.2 Å². The van der Waals surface area contributed by atoms with Crippen molar-refractivity contribution >= 4 is 17.3 Å². The van der Waals surface area contributed by atoms with E-state index < -0.39 is 11.6 Å². The fourth-order valence-electron chi connectivity index (χ4n) is 1.67. The Balaban J connectivity index is 2.22. The highest BCUT2D eigenvalue weighted by Gasteiger charge is 2.13. The molecule has 2 aromatic carbocycles. The summed E-state index contributed by atoms with van der Waals surface area (Å²) in [7, 11) is 1.45. The minimum absolute atomic E-state index is 0.0230. The van der Waals surface area contributed by atoms with Crippen molar-refractivity contribution in [2.75, 3.05) is 12.8 Å². The van der Waals surface area contributed by atoms with Crippen molar-refractivity contribution in [2.24, 2.45) is 0 Å². The number of anilines is 1. The van der Waals surface area contributed by atoms with E-state index in [1.807, 2.05) is 0 Å². The molecule has 20 heavy (non-hydrogen) atoms. The van der Waals surface area contributed by atoms with Gasteiger partial charge in [0.1, 0.15) is 29.7 Å². The van der Waals surface area contributed by atoms with Gasteiger partial charge in [0, 0.05) is 6.07 Å². The molecule has 0 unspecified atom stereocenters. The number of hydrogen-bond acceptors (Lipinski definition) is 3. The summed E-state index contributed by atoms with van der Waals surface area (Å²) in [5.41, 5.74) is 5.78. The summed E-state index contributed by atoms with van der Waals surface area (Å²) < 4.78 is 37.0. The second-order valence-electron chi connectivity index (χ2n) is 4.01. The van der Waals surface area contributed by atoms with Crippen LogP contribution in [0.1, 0.15) is 5.56 Å². The predicted octanol–water partition coefficient (Wildman–Crippen LogP) is 3.79. The topological polar surface area (TPSA) is 44.5 Å². The SMILES string of the molecule is COc1ccc(F)c(Cl)c1COc1ccc(F)c(N)c1. The highest BCUT2D eigenvalue weighted by atomic mass is 35.5. The maximum atomic E-state index is 13.4. The average molecular weight is 300 g/mol. The minimum Gasteiger partial charge on any atom is -0.496 e. The van der Waals surface area contributed by atoms with Crippen LogP contribution in [0.15, 0.2) is 30.3 Å². The minimum atomic E-state index is -0.565. The molecule has 0 atom stereocenters. The largest absolute Gasteiger partial charge is 0.496 e. The van der Waals surface area contributed by atoms with Crippen LogP contribution in [-0.4, -0.2) is 7.11 Å². The third kappa shape index (κ3) is 2.93. The van der Waals surface area contributed by atoms with Crippen LogP contribution in [0.4, 0.5) is 14.5 Å². The highest BCUT2D eigenvalue weighted by molar-refractivity contribution is 6.31. The van der Waals surface area contributed by atoms with E-state index in [4.69, 9.17) is 26.8 Å². The summed E-state index contributed by atoms with van der Waals surface area (Å²) >= 11 is 5.88. The van der Waals surface area contributed by atoms with Gasteiger partial charge in [-0.05, 0) is 24.3 Å². The maximum Gasteiger partial charge on any atom is 0.146 e. The van der Waals surface area contributed by atoms with Crippen LogP contribution in [0.5, 0.6) is 11.5 Å². The molecule has 106 valence electrons. The number of ether oxygens (including phenoxy) is 2. The molecule has 2 N–H and O–H groups in total. The molecule has 6 heteroatoms. The molecule has 0 spiro atoms.